The van der Waals surface area contributed by atoms with Crippen molar-refractivity contribution in [2.75, 3.05) is 39.9 Å². The number of carbonyl (C=O) groups is 2. The van der Waals surface area contributed by atoms with Gasteiger partial charge in [-0.2, -0.15) is 0 Å². The molecule has 2 saturated heterocycles. The fourth-order valence-corrected chi connectivity index (χ4v) is 4.10. The fraction of sp³-hybridized carbons (Fsp3) is 0.565. The maximum atomic E-state index is 12.7. The van der Waals surface area contributed by atoms with Crippen molar-refractivity contribution in [2.24, 2.45) is 5.92 Å². The summed E-state index contributed by atoms with van der Waals surface area (Å²) in [5.41, 5.74) is 1.08. The smallest absolute Gasteiger partial charge is 0.260 e. The van der Waals surface area contributed by atoms with Crippen LogP contribution in [0.4, 0.5) is 0 Å². The number of methoxy groups -OCH3 is 1. The number of amides is 2. The van der Waals surface area contributed by atoms with Gasteiger partial charge in [-0.05, 0) is 56.2 Å². The first kappa shape index (κ1) is 21.2. The molecule has 1 aromatic rings. The molecular weight excluding hydrogens is 368 g/mol. The lowest BCUT2D eigenvalue weighted by molar-refractivity contribution is -0.142. The van der Waals surface area contributed by atoms with E-state index in [9.17, 15) is 9.59 Å². The van der Waals surface area contributed by atoms with Gasteiger partial charge in [0, 0.05) is 32.1 Å². The Kier molecular flexibility index (Phi) is 7.55. The minimum Gasteiger partial charge on any atom is -0.493 e. The molecule has 6 heteroatoms. The number of ether oxygens (including phenoxy) is 2. The molecule has 0 unspecified atom stereocenters. The van der Waals surface area contributed by atoms with Crippen molar-refractivity contribution in [3.63, 3.8) is 0 Å². The van der Waals surface area contributed by atoms with Gasteiger partial charge in [0.05, 0.1) is 7.11 Å². The highest BCUT2D eigenvalue weighted by Crippen LogP contribution is 2.29. The molecule has 0 bridgehead atoms. The van der Waals surface area contributed by atoms with E-state index in [0.717, 1.165) is 50.8 Å². The van der Waals surface area contributed by atoms with Gasteiger partial charge in [0.25, 0.3) is 5.91 Å². The predicted octanol–water partition coefficient (Wildman–Crippen LogP) is 3.05. The normalized spacial score (nSPS) is 17.7. The maximum absolute atomic E-state index is 12.7. The molecule has 2 heterocycles. The zero-order chi connectivity index (χ0) is 20.6. The monoisotopic (exact) mass is 400 g/mol. The van der Waals surface area contributed by atoms with E-state index in [1.54, 1.807) is 12.0 Å². The topological polar surface area (TPSA) is 59.1 Å². The lowest BCUT2D eigenvalue weighted by Crippen LogP contribution is -2.46. The molecule has 0 aromatic heterocycles. The van der Waals surface area contributed by atoms with E-state index in [1.807, 2.05) is 29.2 Å². The zero-order valence-corrected chi connectivity index (χ0v) is 17.4. The van der Waals surface area contributed by atoms with E-state index < -0.39 is 0 Å². The summed E-state index contributed by atoms with van der Waals surface area (Å²) in [4.78, 5) is 29.0. The van der Waals surface area contributed by atoms with Gasteiger partial charge in [-0.1, -0.05) is 12.1 Å². The Morgan fingerprint density at radius 2 is 1.79 bits per heavy atom. The molecule has 2 aliphatic rings. The molecule has 6 nitrogen and oxygen atoms in total. The van der Waals surface area contributed by atoms with Crippen LogP contribution in [0.5, 0.6) is 11.5 Å². The maximum Gasteiger partial charge on any atom is 0.260 e. The Labute approximate surface area is 173 Å². The number of likely N-dealkylation sites (tertiary alicyclic amines) is 2. The Balaban J connectivity index is 1.47. The van der Waals surface area contributed by atoms with Gasteiger partial charge in [0.15, 0.2) is 18.1 Å². The molecule has 2 aliphatic heterocycles. The summed E-state index contributed by atoms with van der Waals surface area (Å²) in [6, 6.07) is 5.68. The molecule has 2 fully saturated rings. The van der Waals surface area contributed by atoms with Gasteiger partial charge in [0.1, 0.15) is 0 Å². The molecule has 3 rings (SSSR count). The quantitative estimate of drug-likeness (QED) is 0.660. The minimum atomic E-state index is -0.0499. The number of hydrogen-bond acceptors (Lipinski definition) is 4. The second-order valence-electron chi connectivity index (χ2n) is 7.81. The molecule has 0 radical (unpaired) electrons. The summed E-state index contributed by atoms with van der Waals surface area (Å²) in [6.07, 6.45) is 7.50. The molecule has 0 saturated carbocycles. The van der Waals surface area contributed by atoms with Crippen LogP contribution in [-0.2, 0) is 16.0 Å². The summed E-state index contributed by atoms with van der Waals surface area (Å²) in [6.45, 7) is 6.72. The van der Waals surface area contributed by atoms with Crippen LogP contribution >= 0.6 is 0 Å². The summed E-state index contributed by atoms with van der Waals surface area (Å²) >= 11 is 0. The van der Waals surface area contributed by atoms with Crippen molar-refractivity contribution >= 4 is 11.8 Å². The molecule has 2 amide bonds. The van der Waals surface area contributed by atoms with Crippen LogP contribution in [0.1, 0.15) is 37.7 Å². The second-order valence-corrected chi connectivity index (χ2v) is 7.81. The average molecular weight is 401 g/mol. The standard InChI is InChI=1S/C23H32N2O4/c1-3-7-18-8-9-20(21(16-18)28-2)29-17-22(26)24-14-10-19(11-15-24)23(27)25-12-5-4-6-13-25/h3,8-9,16,19H,1,4-7,10-15,17H2,2H3. The third kappa shape index (κ3) is 5.52. The zero-order valence-electron chi connectivity index (χ0n) is 17.4. The van der Waals surface area contributed by atoms with Gasteiger partial charge < -0.3 is 19.3 Å². The number of piperidine rings is 2. The summed E-state index contributed by atoms with van der Waals surface area (Å²) in [5, 5.41) is 0. The summed E-state index contributed by atoms with van der Waals surface area (Å²) < 4.78 is 11.1. The second kappa shape index (κ2) is 10.3. The van der Waals surface area contributed by atoms with Crippen molar-refractivity contribution < 1.29 is 19.1 Å². The number of carbonyl (C=O) groups excluding carboxylic acids is 2. The van der Waals surface area contributed by atoms with Crippen LogP contribution < -0.4 is 9.47 Å². The lowest BCUT2D eigenvalue weighted by atomic mass is 9.94. The third-order valence-corrected chi connectivity index (χ3v) is 5.82. The molecular formula is C23H32N2O4. The van der Waals surface area contributed by atoms with E-state index in [1.165, 1.54) is 6.42 Å². The Morgan fingerprint density at radius 3 is 2.45 bits per heavy atom. The Bertz CT molecular complexity index is 720. The molecule has 158 valence electrons. The van der Waals surface area contributed by atoms with Crippen molar-refractivity contribution in [1.29, 1.82) is 0 Å². The van der Waals surface area contributed by atoms with Crippen molar-refractivity contribution in [3.05, 3.63) is 36.4 Å². The number of hydrogen-bond donors (Lipinski definition) is 0. The first-order valence-electron chi connectivity index (χ1n) is 10.6. The number of benzene rings is 1. The number of allylic oxidation sites excluding steroid dienone is 1. The van der Waals surface area contributed by atoms with Gasteiger partial charge >= 0.3 is 0 Å². The van der Waals surface area contributed by atoms with Crippen LogP contribution in [0.25, 0.3) is 0 Å². The Morgan fingerprint density at radius 1 is 1.07 bits per heavy atom. The average Bonchev–Trinajstić information content (AvgIpc) is 2.78. The minimum absolute atomic E-state index is 0.0259. The molecule has 0 spiro atoms. The Hall–Kier alpha value is -2.50. The van der Waals surface area contributed by atoms with E-state index in [4.69, 9.17) is 9.47 Å². The largest absolute Gasteiger partial charge is 0.493 e. The highest BCUT2D eigenvalue weighted by molar-refractivity contribution is 5.81. The van der Waals surface area contributed by atoms with Crippen LogP contribution in [0.15, 0.2) is 30.9 Å². The van der Waals surface area contributed by atoms with Crippen LogP contribution in [-0.4, -0.2) is 61.5 Å². The first-order chi connectivity index (χ1) is 14.1. The number of rotatable bonds is 7. The van der Waals surface area contributed by atoms with Crippen LogP contribution in [0, 0.1) is 5.92 Å². The molecule has 0 N–H and O–H groups in total. The number of nitrogens with zero attached hydrogens (tertiary/aromatic N) is 2. The molecule has 1 aromatic carbocycles. The van der Waals surface area contributed by atoms with E-state index in [2.05, 4.69) is 6.58 Å². The van der Waals surface area contributed by atoms with E-state index in [-0.39, 0.29) is 24.3 Å². The van der Waals surface area contributed by atoms with Gasteiger partial charge in [-0.15, -0.1) is 6.58 Å². The predicted molar refractivity (Wildman–Crippen MR) is 112 cm³/mol. The summed E-state index contributed by atoms with van der Waals surface area (Å²) in [7, 11) is 1.59. The highest BCUT2D eigenvalue weighted by Gasteiger charge is 2.30. The van der Waals surface area contributed by atoms with Gasteiger partial charge in [-0.25, -0.2) is 0 Å². The van der Waals surface area contributed by atoms with Crippen LogP contribution in [0.2, 0.25) is 0 Å². The van der Waals surface area contributed by atoms with Gasteiger partial charge in [0.2, 0.25) is 5.91 Å². The van der Waals surface area contributed by atoms with Crippen molar-refractivity contribution in [1.82, 2.24) is 9.80 Å². The molecule has 0 atom stereocenters. The highest BCUT2D eigenvalue weighted by atomic mass is 16.5. The molecule has 29 heavy (non-hydrogen) atoms. The SMILES string of the molecule is C=CCc1ccc(OCC(=O)N2CCC(C(=O)N3CCCCC3)CC2)c(OC)c1. The van der Waals surface area contributed by atoms with Crippen molar-refractivity contribution in [3.8, 4) is 11.5 Å². The van der Waals surface area contributed by atoms with Crippen molar-refractivity contribution in [2.45, 2.75) is 38.5 Å². The third-order valence-electron chi connectivity index (χ3n) is 5.82. The fourth-order valence-electron chi connectivity index (χ4n) is 4.10. The first-order valence-corrected chi connectivity index (χ1v) is 10.6. The van der Waals surface area contributed by atoms with Gasteiger partial charge in [-0.3, -0.25) is 9.59 Å². The van der Waals surface area contributed by atoms with E-state index >= 15 is 0 Å². The van der Waals surface area contributed by atoms with Crippen LogP contribution in [0.3, 0.4) is 0 Å². The summed E-state index contributed by atoms with van der Waals surface area (Å²) in [5.74, 6) is 1.45. The van der Waals surface area contributed by atoms with E-state index in [0.29, 0.717) is 24.6 Å². The lowest BCUT2D eigenvalue weighted by Gasteiger charge is -2.35. The molecule has 0 aliphatic carbocycles.